The standard InChI is InChI=1S/C14H24N4O3/c15-13(19)12-9-18(7-8-21-12)14(20)16-10-3-5-17(6-4-10)11-1-2-11/h10-12H,1-9H2,(H2,15,19)(H,16,20). The van der Waals surface area contributed by atoms with E-state index in [0.29, 0.717) is 13.2 Å². The summed E-state index contributed by atoms with van der Waals surface area (Å²) in [5.74, 6) is -0.509. The van der Waals surface area contributed by atoms with E-state index in [4.69, 9.17) is 10.5 Å². The number of carbonyl (C=O) groups excluding carboxylic acids is 2. The van der Waals surface area contributed by atoms with Crippen molar-refractivity contribution in [3.05, 3.63) is 0 Å². The van der Waals surface area contributed by atoms with Crippen molar-refractivity contribution in [2.24, 2.45) is 5.73 Å². The molecule has 3 fully saturated rings. The van der Waals surface area contributed by atoms with Crippen LogP contribution in [0.25, 0.3) is 0 Å². The van der Waals surface area contributed by atoms with Crippen molar-refractivity contribution in [1.29, 1.82) is 0 Å². The van der Waals surface area contributed by atoms with Gasteiger partial charge in [0, 0.05) is 31.7 Å². The van der Waals surface area contributed by atoms with Gasteiger partial charge < -0.3 is 25.6 Å². The zero-order chi connectivity index (χ0) is 14.8. The van der Waals surface area contributed by atoms with Crippen LogP contribution in [-0.4, -0.2) is 72.7 Å². The number of hydrogen-bond acceptors (Lipinski definition) is 4. The lowest BCUT2D eigenvalue weighted by atomic mass is 10.1. The second-order valence-electron chi connectivity index (χ2n) is 6.20. The molecule has 3 aliphatic rings. The van der Waals surface area contributed by atoms with Gasteiger partial charge in [0.25, 0.3) is 0 Å². The summed E-state index contributed by atoms with van der Waals surface area (Å²) >= 11 is 0. The minimum Gasteiger partial charge on any atom is -0.367 e. The van der Waals surface area contributed by atoms with E-state index in [2.05, 4.69) is 10.2 Å². The number of morpholine rings is 1. The van der Waals surface area contributed by atoms with E-state index in [9.17, 15) is 9.59 Å². The molecule has 0 aromatic carbocycles. The van der Waals surface area contributed by atoms with Crippen molar-refractivity contribution in [3.8, 4) is 0 Å². The average Bonchev–Trinajstić information content (AvgIpc) is 3.33. The van der Waals surface area contributed by atoms with Crippen molar-refractivity contribution in [2.75, 3.05) is 32.8 Å². The number of likely N-dealkylation sites (tertiary alicyclic amines) is 1. The van der Waals surface area contributed by atoms with Crippen LogP contribution in [0.15, 0.2) is 0 Å². The van der Waals surface area contributed by atoms with Gasteiger partial charge in [-0.05, 0) is 25.7 Å². The molecule has 0 spiro atoms. The highest BCUT2D eigenvalue weighted by Crippen LogP contribution is 2.29. The number of primary amides is 1. The third kappa shape index (κ3) is 3.65. The molecule has 1 atom stereocenters. The number of rotatable bonds is 3. The Morgan fingerprint density at radius 3 is 2.43 bits per heavy atom. The number of amides is 3. The first-order chi connectivity index (χ1) is 10.1. The Labute approximate surface area is 124 Å². The molecule has 1 saturated carbocycles. The number of urea groups is 1. The van der Waals surface area contributed by atoms with Crippen LogP contribution in [0, 0.1) is 0 Å². The maximum absolute atomic E-state index is 12.3. The van der Waals surface area contributed by atoms with Crippen molar-refractivity contribution >= 4 is 11.9 Å². The Morgan fingerprint density at radius 2 is 1.81 bits per heavy atom. The summed E-state index contributed by atoms with van der Waals surface area (Å²) in [6, 6.07) is 0.939. The van der Waals surface area contributed by atoms with Gasteiger partial charge in [0.15, 0.2) is 6.10 Å². The van der Waals surface area contributed by atoms with Gasteiger partial charge in [-0.2, -0.15) is 0 Å². The molecule has 0 aromatic rings. The molecule has 2 aliphatic heterocycles. The first-order valence-electron chi connectivity index (χ1n) is 7.84. The van der Waals surface area contributed by atoms with Crippen LogP contribution in [-0.2, 0) is 9.53 Å². The van der Waals surface area contributed by atoms with E-state index in [1.165, 1.54) is 12.8 Å². The fraction of sp³-hybridized carbons (Fsp3) is 0.857. The molecular weight excluding hydrogens is 272 g/mol. The minimum absolute atomic E-state index is 0.102. The highest BCUT2D eigenvalue weighted by molar-refractivity contribution is 5.81. The number of hydrogen-bond donors (Lipinski definition) is 2. The summed E-state index contributed by atoms with van der Waals surface area (Å²) in [6.45, 7) is 3.27. The van der Waals surface area contributed by atoms with Gasteiger partial charge in [0.2, 0.25) is 5.91 Å². The summed E-state index contributed by atoms with van der Waals surface area (Å²) < 4.78 is 5.25. The van der Waals surface area contributed by atoms with Crippen LogP contribution in [0.1, 0.15) is 25.7 Å². The Bertz CT molecular complexity index is 405. The zero-order valence-corrected chi connectivity index (χ0v) is 12.3. The van der Waals surface area contributed by atoms with Crippen LogP contribution in [0.2, 0.25) is 0 Å². The van der Waals surface area contributed by atoms with Gasteiger partial charge in [0.05, 0.1) is 13.2 Å². The maximum Gasteiger partial charge on any atom is 0.317 e. The van der Waals surface area contributed by atoms with Crippen LogP contribution in [0.5, 0.6) is 0 Å². The molecular formula is C14H24N4O3. The molecule has 21 heavy (non-hydrogen) atoms. The molecule has 3 rings (SSSR count). The fourth-order valence-corrected chi connectivity index (χ4v) is 3.12. The summed E-state index contributed by atoms with van der Waals surface area (Å²) in [5, 5.41) is 3.08. The number of nitrogens with one attached hydrogen (secondary N) is 1. The molecule has 1 unspecified atom stereocenters. The Balaban J connectivity index is 1.44. The van der Waals surface area contributed by atoms with Gasteiger partial charge >= 0.3 is 6.03 Å². The van der Waals surface area contributed by atoms with E-state index < -0.39 is 12.0 Å². The maximum atomic E-state index is 12.3. The molecule has 2 saturated heterocycles. The largest absolute Gasteiger partial charge is 0.367 e. The Hall–Kier alpha value is -1.34. The first-order valence-corrected chi connectivity index (χ1v) is 7.84. The summed E-state index contributed by atoms with van der Waals surface area (Å²) in [4.78, 5) is 27.6. The highest BCUT2D eigenvalue weighted by atomic mass is 16.5. The van der Waals surface area contributed by atoms with Crippen molar-refractivity contribution in [2.45, 2.75) is 43.9 Å². The second-order valence-corrected chi connectivity index (χ2v) is 6.20. The number of nitrogens with zero attached hydrogens (tertiary/aromatic N) is 2. The average molecular weight is 296 g/mol. The molecule has 7 heteroatoms. The molecule has 2 heterocycles. The zero-order valence-electron chi connectivity index (χ0n) is 12.3. The summed E-state index contributed by atoms with van der Waals surface area (Å²) in [5.41, 5.74) is 5.24. The predicted molar refractivity (Wildman–Crippen MR) is 76.7 cm³/mol. The molecule has 3 N–H and O–H groups in total. The number of nitrogens with two attached hydrogens (primary N) is 1. The Morgan fingerprint density at radius 1 is 1.10 bits per heavy atom. The van der Waals surface area contributed by atoms with Gasteiger partial charge in [-0.15, -0.1) is 0 Å². The molecule has 118 valence electrons. The number of carbonyl (C=O) groups is 2. The normalized spacial score (nSPS) is 28.4. The first kappa shape index (κ1) is 14.6. The second kappa shape index (κ2) is 6.19. The number of ether oxygens (including phenoxy) is 1. The summed E-state index contributed by atoms with van der Waals surface area (Å²) in [6.07, 6.45) is 4.00. The molecule has 3 amide bonds. The fourth-order valence-electron chi connectivity index (χ4n) is 3.12. The smallest absolute Gasteiger partial charge is 0.317 e. The third-order valence-electron chi connectivity index (χ3n) is 4.59. The quantitative estimate of drug-likeness (QED) is 0.735. The molecule has 0 radical (unpaired) electrons. The van der Waals surface area contributed by atoms with E-state index in [0.717, 1.165) is 32.0 Å². The van der Waals surface area contributed by atoms with Crippen molar-refractivity contribution in [1.82, 2.24) is 15.1 Å². The van der Waals surface area contributed by atoms with Crippen LogP contribution in [0.3, 0.4) is 0 Å². The van der Waals surface area contributed by atoms with Crippen molar-refractivity contribution < 1.29 is 14.3 Å². The highest BCUT2D eigenvalue weighted by Gasteiger charge is 2.33. The molecule has 7 nitrogen and oxygen atoms in total. The summed E-state index contributed by atoms with van der Waals surface area (Å²) in [7, 11) is 0. The molecule has 0 bridgehead atoms. The van der Waals surface area contributed by atoms with Gasteiger partial charge in [0.1, 0.15) is 0 Å². The Kier molecular flexibility index (Phi) is 4.30. The third-order valence-corrected chi connectivity index (χ3v) is 4.59. The van der Waals surface area contributed by atoms with Gasteiger partial charge in [-0.1, -0.05) is 0 Å². The van der Waals surface area contributed by atoms with Crippen LogP contribution < -0.4 is 11.1 Å². The van der Waals surface area contributed by atoms with Crippen molar-refractivity contribution in [3.63, 3.8) is 0 Å². The SMILES string of the molecule is NC(=O)C1CN(C(=O)NC2CCN(C3CC3)CC2)CCO1. The van der Waals surface area contributed by atoms with E-state index in [1.807, 2.05) is 0 Å². The lowest BCUT2D eigenvalue weighted by Gasteiger charge is -2.35. The monoisotopic (exact) mass is 296 g/mol. The lowest BCUT2D eigenvalue weighted by molar-refractivity contribution is -0.133. The molecule has 0 aromatic heterocycles. The van der Waals surface area contributed by atoms with Gasteiger partial charge in [-0.25, -0.2) is 4.79 Å². The molecule has 1 aliphatic carbocycles. The number of piperidine rings is 1. The van der Waals surface area contributed by atoms with Crippen LogP contribution in [0.4, 0.5) is 4.79 Å². The van der Waals surface area contributed by atoms with E-state index in [-0.39, 0.29) is 18.6 Å². The minimum atomic E-state index is -0.679. The predicted octanol–water partition coefficient (Wildman–Crippen LogP) is -0.491. The lowest BCUT2D eigenvalue weighted by Crippen LogP contribution is -2.55. The van der Waals surface area contributed by atoms with E-state index in [1.54, 1.807) is 4.90 Å². The van der Waals surface area contributed by atoms with Gasteiger partial charge in [-0.3, -0.25) is 4.79 Å². The topological polar surface area (TPSA) is 87.9 Å². The van der Waals surface area contributed by atoms with E-state index >= 15 is 0 Å². The van der Waals surface area contributed by atoms with Crippen LogP contribution >= 0.6 is 0 Å².